The Morgan fingerprint density at radius 3 is 2.20 bits per heavy atom. The van der Waals surface area contributed by atoms with Crippen LogP contribution in [0.25, 0.3) is 0 Å². The molecule has 1 aliphatic heterocycles. The van der Waals surface area contributed by atoms with Gasteiger partial charge in [0.2, 0.25) is 11.8 Å². The molecule has 6 amide bonds. The van der Waals surface area contributed by atoms with Crippen LogP contribution in [-0.4, -0.2) is 77.2 Å². The minimum atomic E-state index is -1.34. The van der Waals surface area contributed by atoms with E-state index in [-0.39, 0.29) is 18.5 Å². The number of nitrogens with two attached hydrogens (primary N) is 1. The Labute approximate surface area is 270 Å². The van der Waals surface area contributed by atoms with Crippen molar-refractivity contribution < 1.29 is 28.8 Å². The molecule has 0 saturated carbocycles. The molecule has 5 atom stereocenters. The van der Waals surface area contributed by atoms with Crippen LogP contribution in [0.2, 0.25) is 0 Å². The summed E-state index contributed by atoms with van der Waals surface area (Å²) >= 11 is 1.14. The third kappa shape index (κ3) is 11.3. The molecule has 1 heterocycles. The van der Waals surface area contributed by atoms with E-state index in [1.54, 1.807) is 34.6 Å². The number of carbonyl (C=O) groups excluding carboxylic acids is 6. The summed E-state index contributed by atoms with van der Waals surface area (Å²) in [5.74, 6) is -3.92. The zero-order valence-electron chi connectivity index (χ0n) is 27.3. The minimum Gasteiger partial charge on any atom is -0.363 e. The van der Waals surface area contributed by atoms with Crippen molar-refractivity contribution >= 4 is 47.4 Å². The maximum absolute atomic E-state index is 13.9. The van der Waals surface area contributed by atoms with Crippen molar-refractivity contribution in [1.82, 2.24) is 30.9 Å². The Hall–Kier alpha value is -3.65. The highest BCUT2D eigenvalue weighted by Gasteiger charge is 2.43. The normalized spacial score (nSPS) is 17.5. The molecule has 45 heavy (non-hydrogen) atoms. The van der Waals surface area contributed by atoms with Gasteiger partial charge in [0.25, 0.3) is 17.6 Å². The number of benzene rings is 1. The summed E-state index contributed by atoms with van der Waals surface area (Å²) in [4.78, 5) is 79.9. The maximum Gasteiger partial charge on any atom is 0.316 e. The van der Waals surface area contributed by atoms with Crippen LogP contribution in [0.5, 0.6) is 0 Å². The molecule has 7 N–H and O–H groups in total. The second-order valence-electron chi connectivity index (χ2n) is 12.7. The molecule has 1 aromatic carbocycles. The maximum atomic E-state index is 13.9. The fourth-order valence-corrected chi connectivity index (χ4v) is 5.63. The molecule has 13 nitrogen and oxygen atoms in total. The monoisotopic (exact) mass is 647 g/mol. The Morgan fingerprint density at radius 1 is 1.00 bits per heavy atom. The molecule has 0 aliphatic carbocycles. The number of nitrogens with one attached hydrogen (secondary N) is 5. The summed E-state index contributed by atoms with van der Waals surface area (Å²) in [6.45, 7) is 13.0. The van der Waals surface area contributed by atoms with Crippen LogP contribution in [0.15, 0.2) is 35.2 Å². The van der Waals surface area contributed by atoms with E-state index in [1.807, 2.05) is 44.2 Å². The lowest BCUT2D eigenvalue weighted by Gasteiger charge is -2.36. The van der Waals surface area contributed by atoms with E-state index < -0.39 is 65.1 Å². The van der Waals surface area contributed by atoms with Gasteiger partial charge in [0.05, 0.1) is 0 Å². The molecule has 2 rings (SSSR count). The number of ketones is 1. The highest BCUT2D eigenvalue weighted by atomic mass is 32.2. The van der Waals surface area contributed by atoms with Crippen LogP contribution >= 0.6 is 11.9 Å². The summed E-state index contributed by atoms with van der Waals surface area (Å²) < 4.78 is 2.76. The molecule has 1 fully saturated rings. The van der Waals surface area contributed by atoms with Crippen LogP contribution < -0.4 is 31.7 Å². The van der Waals surface area contributed by atoms with Gasteiger partial charge < -0.3 is 26.6 Å². The first-order valence-electron chi connectivity index (χ1n) is 15.4. The van der Waals surface area contributed by atoms with Gasteiger partial charge in [-0.15, -0.1) is 0 Å². The summed E-state index contributed by atoms with van der Waals surface area (Å²) in [5.41, 5.74) is 4.46. The van der Waals surface area contributed by atoms with Gasteiger partial charge in [0.15, 0.2) is 0 Å². The molecule has 5 unspecified atom stereocenters. The van der Waals surface area contributed by atoms with E-state index in [0.717, 1.165) is 23.3 Å². The third-order valence-corrected chi connectivity index (χ3v) is 8.25. The zero-order valence-corrected chi connectivity index (χ0v) is 28.1. The van der Waals surface area contributed by atoms with Crippen LogP contribution in [-0.2, 0) is 24.0 Å². The van der Waals surface area contributed by atoms with Gasteiger partial charge in [-0.05, 0) is 61.6 Å². The number of hydrogen-bond donors (Lipinski definition) is 6. The molecule has 250 valence electrons. The van der Waals surface area contributed by atoms with E-state index in [1.165, 1.54) is 4.90 Å². The zero-order chi connectivity index (χ0) is 33.9. The number of nitrogens with zero attached hydrogens (tertiary/aromatic N) is 1. The lowest BCUT2D eigenvalue weighted by Crippen LogP contribution is -2.62. The minimum absolute atomic E-state index is 0.188. The molecular weight excluding hydrogens is 598 g/mol. The number of carbonyl (C=O) groups is 6. The van der Waals surface area contributed by atoms with E-state index in [4.69, 9.17) is 5.73 Å². The summed E-state index contributed by atoms with van der Waals surface area (Å²) in [7, 11) is 0. The van der Waals surface area contributed by atoms with Gasteiger partial charge in [0.1, 0.15) is 24.3 Å². The van der Waals surface area contributed by atoms with Crippen molar-refractivity contribution in [2.45, 2.75) is 109 Å². The molecule has 1 aromatic rings. The molecule has 0 aromatic heterocycles. The van der Waals surface area contributed by atoms with Crippen molar-refractivity contribution in [3.05, 3.63) is 30.3 Å². The molecule has 14 heteroatoms. The SMILES string of the molecule is CCCC(C)NC(NC(=O)C1CCCN1C(=O)C(NC(=O)NC(C(=O)NSc1ccccc1)C(C)C)C(C)(C)C)C(=O)C(N)=O. The number of likely N-dealkylation sites (tertiary alicyclic amines) is 1. The molecule has 0 spiro atoms. The first-order chi connectivity index (χ1) is 21.1. The smallest absolute Gasteiger partial charge is 0.316 e. The Balaban J connectivity index is 2.15. The van der Waals surface area contributed by atoms with Crippen LogP contribution in [0.3, 0.4) is 0 Å². The average Bonchev–Trinajstić information content (AvgIpc) is 3.46. The van der Waals surface area contributed by atoms with Crippen LogP contribution in [0.1, 0.15) is 74.1 Å². The number of rotatable bonds is 15. The van der Waals surface area contributed by atoms with Gasteiger partial charge in [-0.2, -0.15) is 0 Å². The highest BCUT2D eigenvalue weighted by molar-refractivity contribution is 7.98. The summed E-state index contributed by atoms with van der Waals surface area (Å²) in [5, 5.41) is 10.9. The van der Waals surface area contributed by atoms with Crippen molar-refractivity contribution in [3.8, 4) is 0 Å². The lowest BCUT2D eigenvalue weighted by atomic mass is 9.85. The first-order valence-corrected chi connectivity index (χ1v) is 16.2. The fourth-order valence-electron chi connectivity index (χ4n) is 4.99. The molecular formula is C31H49N7O6S. The predicted molar refractivity (Wildman–Crippen MR) is 172 cm³/mol. The number of primary amides is 1. The third-order valence-electron chi connectivity index (χ3n) is 7.44. The quantitative estimate of drug-likeness (QED) is 0.0943. The first kappa shape index (κ1) is 37.5. The number of hydrogen-bond acceptors (Lipinski definition) is 8. The Morgan fingerprint density at radius 2 is 1.64 bits per heavy atom. The number of amides is 6. The van der Waals surface area contributed by atoms with Crippen LogP contribution in [0, 0.1) is 11.3 Å². The van der Waals surface area contributed by atoms with Gasteiger partial charge in [0, 0.05) is 17.5 Å². The summed E-state index contributed by atoms with van der Waals surface area (Å²) in [6.07, 6.45) is 1.02. The van der Waals surface area contributed by atoms with E-state index in [0.29, 0.717) is 19.3 Å². The second kappa shape index (κ2) is 17.2. The van der Waals surface area contributed by atoms with E-state index in [9.17, 15) is 28.8 Å². The second-order valence-corrected chi connectivity index (χ2v) is 13.6. The van der Waals surface area contributed by atoms with Crippen molar-refractivity contribution in [1.29, 1.82) is 0 Å². The molecule has 1 saturated heterocycles. The van der Waals surface area contributed by atoms with Crippen molar-refractivity contribution in [2.75, 3.05) is 6.54 Å². The molecule has 0 radical (unpaired) electrons. The Bertz CT molecular complexity index is 1210. The predicted octanol–water partition coefficient (Wildman–Crippen LogP) is 1.81. The van der Waals surface area contributed by atoms with E-state index in [2.05, 4.69) is 26.0 Å². The van der Waals surface area contributed by atoms with Gasteiger partial charge in [-0.25, -0.2) is 4.79 Å². The van der Waals surface area contributed by atoms with Gasteiger partial charge >= 0.3 is 6.03 Å². The number of Topliss-reactive ketones (excluding diaryl/α,β-unsaturated/α-hetero) is 1. The van der Waals surface area contributed by atoms with Gasteiger partial charge in [-0.1, -0.05) is 66.2 Å². The summed E-state index contributed by atoms with van der Waals surface area (Å²) in [6, 6.07) is 5.50. The Kier molecular flexibility index (Phi) is 14.3. The van der Waals surface area contributed by atoms with Crippen LogP contribution in [0.4, 0.5) is 4.79 Å². The standard InChI is InChI=1S/C31H49N7O6S/c1-8-13-19(4)33-26(23(39)25(32)40)36-27(41)21-16-12-17-38(21)29(43)24(31(5,6)7)35-30(44)34-22(18(2)3)28(42)37-45-20-14-10-9-11-15-20/h9-11,14-15,18-19,21-22,24,26,33H,8,12-13,16-17H2,1-7H3,(H2,32,40)(H,36,41)(H,37,42)(H2,34,35,44). The van der Waals surface area contributed by atoms with Crippen molar-refractivity contribution in [2.24, 2.45) is 17.1 Å². The van der Waals surface area contributed by atoms with E-state index >= 15 is 0 Å². The number of urea groups is 1. The topological polar surface area (TPSA) is 192 Å². The van der Waals surface area contributed by atoms with Crippen molar-refractivity contribution in [3.63, 3.8) is 0 Å². The fraction of sp³-hybridized carbons (Fsp3) is 0.613. The molecule has 1 aliphatic rings. The highest BCUT2D eigenvalue weighted by Crippen LogP contribution is 2.26. The molecule has 0 bridgehead atoms. The largest absolute Gasteiger partial charge is 0.363 e. The average molecular weight is 648 g/mol. The lowest BCUT2D eigenvalue weighted by molar-refractivity contribution is -0.143. The van der Waals surface area contributed by atoms with Gasteiger partial charge in [-0.3, -0.25) is 34.0 Å².